The van der Waals surface area contributed by atoms with Crippen molar-refractivity contribution < 1.29 is 4.79 Å². The van der Waals surface area contributed by atoms with E-state index >= 15 is 0 Å². The van der Waals surface area contributed by atoms with Crippen LogP contribution in [0.25, 0.3) is 0 Å². The van der Waals surface area contributed by atoms with Gasteiger partial charge in [-0.3, -0.25) is 4.79 Å². The molecule has 18 heavy (non-hydrogen) atoms. The highest BCUT2D eigenvalue weighted by Crippen LogP contribution is 2.31. The number of amides is 1. The molecule has 0 spiro atoms. The Morgan fingerprint density at radius 3 is 2.94 bits per heavy atom. The Labute approximate surface area is 118 Å². The van der Waals surface area contributed by atoms with E-state index in [2.05, 4.69) is 21.2 Å². The third-order valence-electron chi connectivity index (χ3n) is 3.05. The number of hydrogen-bond donors (Lipinski definition) is 1. The van der Waals surface area contributed by atoms with Crippen molar-refractivity contribution in [2.45, 2.75) is 19.3 Å². The van der Waals surface area contributed by atoms with Crippen LogP contribution in [-0.2, 0) is 12.8 Å². The number of halogens is 1. The highest BCUT2D eigenvalue weighted by molar-refractivity contribution is 9.10. The molecule has 0 saturated heterocycles. The van der Waals surface area contributed by atoms with Crippen LogP contribution in [0.1, 0.15) is 26.5 Å². The van der Waals surface area contributed by atoms with Crippen LogP contribution in [0.2, 0.25) is 0 Å². The predicted octanol–water partition coefficient (Wildman–Crippen LogP) is 4.25. The largest absolute Gasteiger partial charge is 0.321 e. The van der Waals surface area contributed by atoms with Crippen LogP contribution in [0.15, 0.2) is 34.8 Å². The van der Waals surface area contributed by atoms with E-state index in [4.69, 9.17) is 0 Å². The molecule has 0 aliphatic heterocycles. The molecule has 0 bridgehead atoms. The minimum Gasteiger partial charge on any atom is -0.321 e. The van der Waals surface area contributed by atoms with Crippen molar-refractivity contribution in [3.63, 3.8) is 0 Å². The summed E-state index contributed by atoms with van der Waals surface area (Å²) < 4.78 is 0.967. The molecular formula is C14H12BrNOS. The average Bonchev–Trinajstić information content (AvgIpc) is 2.88. The van der Waals surface area contributed by atoms with Gasteiger partial charge in [0.05, 0.1) is 4.88 Å². The van der Waals surface area contributed by atoms with Crippen molar-refractivity contribution in [3.05, 3.63) is 50.1 Å². The van der Waals surface area contributed by atoms with E-state index in [0.717, 1.165) is 27.9 Å². The first-order valence-corrected chi connectivity index (χ1v) is 7.52. The van der Waals surface area contributed by atoms with E-state index in [-0.39, 0.29) is 5.91 Å². The summed E-state index contributed by atoms with van der Waals surface area (Å²) in [5.74, 6) is -0.00694. The van der Waals surface area contributed by atoms with Gasteiger partial charge >= 0.3 is 0 Å². The maximum absolute atomic E-state index is 12.1. The van der Waals surface area contributed by atoms with Gasteiger partial charge in [-0.15, -0.1) is 11.3 Å². The van der Waals surface area contributed by atoms with Crippen LogP contribution in [-0.4, -0.2) is 5.91 Å². The number of nitrogens with one attached hydrogen (secondary N) is 1. The number of hydrogen-bond acceptors (Lipinski definition) is 2. The fourth-order valence-corrected chi connectivity index (χ4v) is 3.75. The minimum atomic E-state index is -0.00694. The maximum Gasteiger partial charge on any atom is 0.265 e. The molecule has 0 saturated carbocycles. The normalized spacial score (nSPS) is 13.4. The highest BCUT2D eigenvalue weighted by atomic mass is 79.9. The Kier molecular flexibility index (Phi) is 3.22. The summed E-state index contributed by atoms with van der Waals surface area (Å²) in [5.41, 5.74) is 2.18. The molecule has 2 aromatic rings. The maximum atomic E-state index is 12.1. The molecular weight excluding hydrogens is 310 g/mol. The van der Waals surface area contributed by atoms with Gasteiger partial charge < -0.3 is 5.32 Å². The lowest BCUT2D eigenvalue weighted by Crippen LogP contribution is -2.10. The van der Waals surface area contributed by atoms with Gasteiger partial charge in [-0.2, -0.15) is 0 Å². The van der Waals surface area contributed by atoms with Crippen molar-refractivity contribution >= 4 is 38.9 Å². The third-order valence-corrected chi connectivity index (χ3v) is 4.78. The lowest BCUT2D eigenvalue weighted by molar-refractivity contribution is 0.103. The van der Waals surface area contributed by atoms with Crippen LogP contribution in [0.3, 0.4) is 0 Å². The predicted molar refractivity (Wildman–Crippen MR) is 78.4 cm³/mol. The molecule has 2 nitrogen and oxygen atoms in total. The zero-order chi connectivity index (χ0) is 12.5. The van der Waals surface area contributed by atoms with Gasteiger partial charge in [-0.1, -0.05) is 22.0 Å². The van der Waals surface area contributed by atoms with Gasteiger partial charge in [0.15, 0.2) is 0 Å². The van der Waals surface area contributed by atoms with E-state index < -0.39 is 0 Å². The second-order valence-corrected chi connectivity index (χ2v) is 6.43. The summed E-state index contributed by atoms with van der Waals surface area (Å²) in [4.78, 5) is 14.3. The van der Waals surface area contributed by atoms with E-state index in [9.17, 15) is 4.79 Å². The van der Waals surface area contributed by atoms with Gasteiger partial charge in [-0.05, 0) is 49.1 Å². The zero-order valence-corrected chi connectivity index (χ0v) is 12.1. The van der Waals surface area contributed by atoms with E-state index in [1.807, 2.05) is 30.3 Å². The molecule has 1 aromatic carbocycles. The monoisotopic (exact) mass is 321 g/mol. The van der Waals surface area contributed by atoms with Gasteiger partial charge in [-0.25, -0.2) is 0 Å². The van der Waals surface area contributed by atoms with Crippen molar-refractivity contribution in [1.29, 1.82) is 0 Å². The lowest BCUT2D eigenvalue weighted by atomic mass is 10.2. The number of anilines is 1. The number of thiophene rings is 1. The lowest BCUT2D eigenvalue weighted by Gasteiger charge is -2.03. The molecule has 1 N–H and O–H groups in total. The van der Waals surface area contributed by atoms with Crippen LogP contribution in [0, 0.1) is 0 Å². The van der Waals surface area contributed by atoms with Crippen LogP contribution in [0.4, 0.5) is 5.69 Å². The molecule has 1 aromatic heterocycles. The van der Waals surface area contributed by atoms with Gasteiger partial charge in [0, 0.05) is 15.0 Å². The fourth-order valence-electron chi connectivity index (χ4n) is 2.20. The van der Waals surface area contributed by atoms with Crippen molar-refractivity contribution in [3.8, 4) is 0 Å². The van der Waals surface area contributed by atoms with Crippen molar-refractivity contribution in [2.75, 3.05) is 5.32 Å². The summed E-state index contributed by atoms with van der Waals surface area (Å²) in [6.45, 7) is 0. The Morgan fingerprint density at radius 2 is 2.17 bits per heavy atom. The Balaban J connectivity index is 1.78. The number of rotatable bonds is 2. The highest BCUT2D eigenvalue weighted by Gasteiger charge is 2.18. The van der Waals surface area contributed by atoms with Gasteiger partial charge in [0.25, 0.3) is 5.91 Å². The molecule has 1 aliphatic carbocycles. The molecule has 0 radical (unpaired) electrons. The first-order chi connectivity index (χ1) is 8.72. The quantitative estimate of drug-likeness (QED) is 0.880. The summed E-state index contributed by atoms with van der Waals surface area (Å²) in [6.07, 6.45) is 3.48. The Hall–Kier alpha value is -1.13. The van der Waals surface area contributed by atoms with E-state index in [1.54, 1.807) is 11.3 Å². The van der Waals surface area contributed by atoms with Crippen LogP contribution < -0.4 is 5.32 Å². The standard InChI is InChI=1S/C14H12BrNOS/c15-10-4-2-5-11(8-10)16-14(17)13-7-9-3-1-6-12(9)18-13/h2,4-5,7-8H,1,3,6H2,(H,16,17). The number of benzene rings is 1. The molecule has 3 rings (SSSR count). The summed E-state index contributed by atoms with van der Waals surface area (Å²) in [5, 5.41) is 2.93. The molecule has 0 atom stereocenters. The van der Waals surface area contributed by atoms with Crippen LogP contribution >= 0.6 is 27.3 Å². The average molecular weight is 322 g/mol. The van der Waals surface area contributed by atoms with E-state index in [0.29, 0.717) is 0 Å². The van der Waals surface area contributed by atoms with Crippen LogP contribution in [0.5, 0.6) is 0 Å². The number of carbonyl (C=O) groups excluding carboxylic acids is 1. The second-order valence-electron chi connectivity index (χ2n) is 4.38. The topological polar surface area (TPSA) is 29.1 Å². The first kappa shape index (κ1) is 11.9. The molecule has 0 unspecified atom stereocenters. The molecule has 1 heterocycles. The smallest absolute Gasteiger partial charge is 0.265 e. The molecule has 0 fully saturated rings. The Morgan fingerprint density at radius 1 is 1.28 bits per heavy atom. The minimum absolute atomic E-state index is 0.00694. The number of carbonyl (C=O) groups is 1. The van der Waals surface area contributed by atoms with Gasteiger partial charge in [0.1, 0.15) is 0 Å². The molecule has 1 amide bonds. The SMILES string of the molecule is O=C(Nc1cccc(Br)c1)c1cc2c(s1)CCC2. The van der Waals surface area contributed by atoms with Crippen molar-refractivity contribution in [2.24, 2.45) is 0 Å². The fraction of sp³-hybridized carbons (Fsp3) is 0.214. The number of aryl methyl sites for hydroxylation is 2. The Bertz CT molecular complexity index is 584. The second kappa shape index (κ2) is 4.86. The first-order valence-electron chi connectivity index (χ1n) is 5.91. The summed E-state index contributed by atoms with van der Waals surface area (Å²) in [6, 6.07) is 9.69. The third kappa shape index (κ3) is 2.35. The summed E-state index contributed by atoms with van der Waals surface area (Å²) in [7, 11) is 0. The zero-order valence-electron chi connectivity index (χ0n) is 9.70. The van der Waals surface area contributed by atoms with Crippen molar-refractivity contribution in [1.82, 2.24) is 0 Å². The molecule has 1 aliphatic rings. The molecule has 92 valence electrons. The number of fused-ring (bicyclic) bond motifs is 1. The summed E-state index contributed by atoms with van der Waals surface area (Å²) >= 11 is 5.03. The molecule has 4 heteroatoms. The van der Waals surface area contributed by atoms with E-state index in [1.165, 1.54) is 16.9 Å². The van der Waals surface area contributed by atoms with Gasteiger partial charge in [0.2, 0.25) is 0 Å².